The zero-order chi connectivity index (χ0) is 19.7. The molecule has 7 nitrogen and oxygen atoms in total. The highest BCUT2D eigenvalue weighted by molar-refractivity contribution is 6.30. The van der Waals surface area contributed by atoms with E-state index in [4.69, 9.17) is 31.4 Å². The lowest BCUT2D eigenvalue weighted by Crippen LogP contribution is -2.48. The Balaban J connectivity index is 0.000000487. The van der Waals surface area contributed by atoms with Crippen molar-refractivity contribution in [2.75, 3.05) is 26.2 Å². The highest BCUT2D eigenvalue weighted by Gasteiger charge is 2.21. The summed E-state index contributed by atoms with van der Waals surface area (Å²) >= 11 is 6.00. The second-order valence-electron chi connectivity index (χ2n) is 6.50. The molecule has 1 amide bonds. The Morgan fingerprint density at radius 2 is 1.65 bits per heavy atom. The van der Waals surface area contributed by atoms with Crippen molar-refractivity contribution in [3.63, 3.8) is 0 Å². The minimum Gasteiger partial charge on any atom is -0.473 e. The van der Waals surface area contributed by atoms with Crippen LogP contribution in [0.5, 0.6) is 0 Å². The van der Waals surface area contributed by atoms with Gasteiger partial charge >= 0.3 is 11.9 Å². The molecule has 1 heterocycles. The van der Waals surface area contributed by atoms with Gasteiger partial charge in [0.25, 0.3) is 0 Å². The van der Waals surface area contributed by atoms with E-state index in [9.17, 15) is 4.79 Å². The van der Waals surface area contributed by atoms with E-state index >= 15 is 0 Å². The van der Waals surface area contributed by atoms with Crippen molar-refractivity contribution in [3.05, 3.63) is 34.9 Å². The van der Waals surface area contributed by atoms with Crippen LogP contribution in [0.15, 0.2) is 24.3 Å². The van der Waals surface area contributed by atoms with Gasteiger partial charge in [-0.1, -0.05) is 37.6 Å². The molecule has 8 heteroatoms. The lowest BCUT2D eigenvalue weighted by Gasteiger charge is -2.35. The number of carbonyl (C=O) groups excluding carboxylic acids is 1. The zero-order valence-corrected chi connectivity index (χ0v) is 15.8. The minimum absolute atomic E-state index is 0.294. The summed E-state index contributed by atoms with van der Waals surface area (Å²) in [6.45, 7) is 8.65. The van der Waals surface area contributed by atoms with Gasteiger partial charge in [0.05, 0.1) is 0 Å². The van der Waals surface area contributed by atoms with E-state index < -0.39 is 11.9 Å². The van der Waals surface area contributed by atoms with Gasteiger partial charge in [0.2, 0.25) is 5.91 Å². The maximum atomic E-state index is 12.0. The molecule has 0 bridgehead atoms. The third kappa shape index (κ3) is 8.31. The largest absolute Gasteiger partial charge is 0.473 e. The van der Waals surface area contributed by atoms with E-state index in [1.807, 2.05) is 23.1 Å². The van der Waals surface area contributed by atoms with Gasteiger partial charge in [0.15, 0.2) is 0 Å². The van der Waals surface area contributed by atoms with E-state index in [0.29, 0.717) is 18.2 Å². The number of piperazine rings is 1. The van der Waals surface area contributed by atoms with Gasteiger partial charge in [-0.25, -0.2) is 9.59 Å². The van der Waals surface area contributed by atoms with Gasteiger partial charge < -0.3 is 15.1 Å². The Bertz CT molecular complexity index is 616. The van der Waals surface area contributed by atoms with E-state index in [0.717, 1.165) is 37.7 Å². The number of carbonyl (C=O) groups is 3. The summed E-state index contributed by atoms with van der Waals surface area (Å²) in [5.74, 6) is -2.92. The number of hydrogen-bond donors (Lipinski definition) is 2. The molecule has 1 aliphatic rings. The Morgan fingerprint density at radius 1 is 1.08 bits per heavy atom. The smallest absolute Gasteiger partial charge is 0.414 e. The van der Waals surface area contributed by atoms with Crippen LogP contribution in [0.2, 0.25) is 5.02 Å². The first-order valence-corrected chi connectivity index (χ1v) is 8.77. The van der Waals surface area contributed by atoms with Gasteiger partial charge in [-0.15, -0.1) is 0 Å². The van der Waals surface area contributed by atoms with Crippen molar-refractivity contribution < 1.29 is 24.6 Å². The van der Waals surface area contributed by atoms with Gasteiger partial charge in [-0.2, -0.15) is 0 Å². The lowest BCUT2D eigenvalue weighted by molar-refractivity contribution is -0.159. The van der Waals surface area contributed by atoms with Crippen molar-refractivity contribution in [2.45, 2.75) is 26.8 Å². The van der Waals surface area contributed by atoms with Gasteiger partial charge in [-0.05, 0) is 23.6 Å². The van der Waals surface area contributed by atoms with Crippen molar-refractivity contribution in [1.82, 2.24) is 9.80 Å². The molecule has 0 unspecified atom stereocenters. The maximum Gasteiger partial charge on any atom is 0.414 e. The van der Waals surface area contributed by atoms with Crippen LogP contribution in [0.4, 0.5) is 0 Å². The quantitative estimate of drug-likeness (QED) is 0.772. The molecule has 0 spiro atoms. The average molecular weight is 385 g/mol. The molecule has 0 saturated carbocycles. The summed E-state index contributed by atoms with van der Waals surface area (Å²) in [6, 6.07) is 7.99. The van der Waals surface area contributed by atoms with Crippen LogP contribution in [0.1, 0.15) is 25.8 Å². The van der Waals surface area contributed by atoms with Crippen LogP contribution in [-0.4, -0.2) is 64.0 Å². The molecule has 1 fully saturated rings. The standard InChI is InChI=1S/C16H23ClN2O.C2H2O4/c1-13(2)10-16(20)19-8-6-18(7-9-19)12-14-4-3-5-15(17)11-14;3-1(4)2(5)6/h3-5,11,13H,6-10,12H2,1-2H3;(H,3,4)(H,5,6). The molecular weight excluding hydrogens is 360 g/mol. The van der Waals surface area contributed by atoms with Crippen molar-refractivity contribution >= 4 is 29.4 Å². The molecule has 2 rings (SSSR count). The Hall–Kier alpha value is -2.12. The third-order valence-corrected chi connectivity index (χ3v) is 4.02. The summed E-state index contributed by atoms with van der Waals surface area (Å²) in [5.41, 5.74) is 1.24. The monoisotopic (exact) mass is 384 g/mol. The number of carboxylic acid groups (broad SMARTS) is 2. The Labute approximate surface area is 158 Å². The van der Waals surface area contributed by atoms with Crippen LogP contribution in [-0.2, 0) is 20.9 Å². The first-order chi connectivity index (χ1) is 12.2. The fraction of sp³-hybridized carbons (Fsp3) is 0.500. The predicted octanol–water partition coefficient (Wildman–Crippen LogP) is 2.19. The summed E-state index contributed by atoms with van der Waals surface area (Å²) in [4.78, 5) is 34.6. The lowest BCUT2D eigenvalue weighted by atomic mass is 10.1. The van der Waals surface area contributed by atoms with Crippen LogP contribution < -0.4 is 0 Å². The molecule has 144 valence electrons. The second-order valence-corrected chi connectivity index (χ2v) is 6.93. The first kappa shape index (κ1) is 21.9. The van der Waals surface area contributed by atoms with E-state index in [-0.39, 0.29) is 0 Å². The molecule has 1 aromatic rings. The van der Waals surface area contributed by atoms with Crippen LogP contribution >= 0.6 is 11.6 Å². The van der Waals surface area contributed by atoms with Crippen molar-refractivity contribution in [2.24, 2.45) is 5.92 Å². The molecule has 0 radical (unpaired) electrons. The third-order valence-electron chi connectivity index (χ3n) is 3.79. The molecule has 2 N–H and O–H groups in total. The van der Waals surface area contributed by atoms with Crippen LogP contribution in [0, 0.1) is 5.92 Å². The molecule has 0 atom stereocenters. The molecule has 1 aliphatic heterocycles. The number of nitrogens with zero attached hydrogens (tertiary/aromatic N) is 2. The van der Waals surface area contributed by atoms with Crippen LogP contribution in [0.25, 0.3) is 0 Å². The van der Waals surface area contributed by atoms with E-state index in [2.05, 4.69) is 24.8 Å². The Morgan fingerprint density at radius 3 is 2.12 bits per heavy atom. The van der Waals surface area contributed by atoms with Crippen molar-refractivity contribution in [1.29, 1.82) is 0 Å². The fourth-order valence-corrected chi connectivity index (χ4v) is 2.74. The summed E-state index contributed by atoms with van der Waals surface area (Å²) in [6.07, 6.45) is 0.661. The summed E-state index contributed by atoms with van der Waals surface area (Å²) < 4.78 is 0. The second kappa shape index (κ2) is 10.8. The first-order valence-electron chi connectivity index (χ1n) is 8.39. The van der Waals surface area contributed by atoms with Gasteiger partial charge in [0.1, 0.15) is 0 Å². The number of carboxylic acids is 2. The van der Waals surface area contributed by atoms with Gasteiger partial charge in [0, 0.05) is 44.2 Å². The van der Waals surface area contributed by atoms with E-state index in [1.165, 1.54) is 5.56 Å². The SMILES string of the molecule is CC(C)CC(=O)N1CCN(Cc2cccc(Cl)c2)CC1.O=C(O)C(=O)O. The highest BCUT2D eigenvalue weighted by atomic mass is 35.5. The molecular formula is C18H25ClN2O5. The molecule has 26 heavy (non-hydrogen) atoms. The summed E-state index contributed by atoms with van der Waals surface area (Å²) in [5, 5.41) is 15.6. The summed E-state index contributed by atoms with van der Waals surface area (Å²) in [7, 11) is 0. The average Bonchev–Trinajstić information content (AvgIpc) is 2.55. The number of hydrogen-bond acceptors (Lipinski definition) is 4. The highest BCUT2D eigenvalue weighted by Crippen LogP contribution is 2.14. The molecule has 0 aliphatic carbocycles. The van der Waals surface area contributed by atoms with Gasteiger partial charge in [-0.3, -0.25) is 9.69 Å². The topological polar surface area (TPSA) is 98.2 Å². The molecule has 1 saturated heterocycles. The Kier molecular flexibility index (Phi) is 9.09. The number of amides is 1. The number of rotatable bonds is 4. The number of aliphatic carboxylic acids is 2. The molecule has 1 aromatic carbocycles. The normalized spacial score (nSPS) is 14.5. The minimum atomic E-state index is -1.82. The number of benzene rings is 1. The maximum absolute atomic E-state index is 12.0. The zero-order valence-electron chi connectivity index (χ0n) is 15.0. The fourth-order valence-electron chi connectivity index (χ4n) is 2.53. The predicted molar refractivity (Wildman–Crippen MR) is 98.0 cm³/mol. The van der Waals surface area contributed by atoms with E-state index in [1.54, 1.807) is 0 Å². The number of halogens is 1. The van der Waals surface area contributed by atoms with Crippen LogP contribution in [0.3, 0.4) is 0 Å². The molecule has 0 aromatic heterocycles. The van der Waals surface area contributed by atoms with Crippen molar-refractivity contribution in [3.8, 4) is 0 Å².